The predicted octanol–water partition coefficient (Wildman–Crippen LogP) is 3.26. The number of nitro benzene ring substituents is 1. The number of amides is 1. The van der Waals surface area contributed by atoms with Gasteiger partial charge in [0.05, 0.1) is 15.6 Å². The Hall–Kier alpha value is -2.26. The number of nitrogens with zero attached hydrogens (tertiary/aromatic N) is 4. The van der Waals surface area contributed by atoms with Crippen molar-refractivity contribution in [2.45, 2.75) is 19.8 Å². The molecule has 1 N–H and O–H groups in total. The number of rotatable bonds is 4. The Kier molecular flexibility index (Phi) is 5.14. The molecule has 1 aliphatic heterocycles. The van der Waals surface area contributed by atoms with Crippen molar-refractivity contribution in [3.05, 3.63) is 38.3 Å². The molecule has 1 aromatic heterocycles. The first kappa shape index (κ1) is 17.6. The third-order valence-corrected chi connectivity index (χ3v) is 5.12. The van der Waals surface area contributed by atoms with E-state index in [1.165, 1.54) is 23.5 Å². The number of hydrogen-bond donors (Lipinski definition) is 1. The molecule has 0 saturated carbocycles. The zero-order valence-corrected chi connectivity index (χ0v) is 15.0. The highest BCUT2D eigenvalue weighted by molar-refractivity contribution is 7.13. The van der Waals surface area contributed by atoms with Crippen molar-refractivity contribution in [1.29, 1.82) is 0 Å². The van der Waals surface area contributed by atoms with Crippen molar-refractivity contribution in [2.75, 3.05) is 23.3 Å². The number of carbonyl (C=O) groups is 1. The van der Waals surface area contributed by atoms with E-state index < -0.39 is 4.92 Å². The van der Waals surface area contributed by atoms with Crippen LogP contribution in [0.15, 0.2) is 17.6 Å². The summed E-state index contributed by atoms with van der Waals surface area (Å²) in [6, 6.07) is 2.90. The van der Waals surface area contributed by atoms with Gasteiger partial charge >= 0.3 is 0 Å². The van der Waals surface area contributed by atoms with Crippen LogP contribution in [0.4, 0.5) is 16.5 Å². The Morgan fingerprint density at radius 1 is 1.44 bits per heavy atom. The Labute approximate surface area is 153 Å². The van der Waals surface area contributed by atoms with Crippen molar-refractivity contribution in [3.63, 3.8) is 0 Å². The molecule has 0 radical (unpaired) electrons. The second-order valence-corrected chi connectivity index (χ2v) is 7.09. The van der Waals surface area contributed by atoms with Crippen molar-refractivity contribution in [2.24, 2.45) is 5.92 Å². The standard InChI is InChI=1S/C15H16ClN5O3S/c1-9-6-11(21(23)24)7-12(16)13(9)20-4-2-10(3-5-20)14(22)18-15-19-17-8-25-15/h6-8,10H,2-5H2,1H3,(H,18,19,22). The van der Waals surface area contributed by atoms with Crippen LogP contribution < -0.4 is 10.2 Å². The summed E-state index contributed by atoms with van der Waals surface area (Å²) in [5.74, 6) is -0.153. The summed E-state index contributed by atoms with van der Waals surface area (Å²) >= 11 is 7.55. The van der Waals surface area contributed by atoms with Gasteiger partial charge in [-0.1, -0.05) is 22.9 Å². The van der Waals surface area contributed by atoms with E-state index in [-0.39, 0.29) is 17.5 Å². The van der Waals surface area contributed by atoms with Crippen molar-refractivity contribution < 1.29 is 9.72 Å². The quantitative estimate of drug-likeness (QED) is 0.644. The summed E-state index contributed by atoms with van der Waals surface area (Å²) in [5.41, 5.74) is 3.11. The first-order chi connectivity index (χ1) is 12.0. The molecule has 1 aliphatic rings. The smallest absolute Gasteiger partial charge is 0.271 e. The molecule has 1 aromatic carbocycles. The number of hydrogen-bond acceptors (Lipinski definition) is 7. The monoisotopic (exact) mass is 381 g/mol. The van der Waals surface area contributed by atoms with Crippen LogP contribution in [-0.2, 0) is 4.79 Å². The van der Waals surface area contributed by atoms with Gasteiger partial charge in [0.25, 0.3) is 5.69 Å². The fourth-order valence-electron chi connectivity index (χ4n) is 3.02. The predicted molar refractivity (Wildman–Crippen MR) is 96.3 cm³/mol. The molecule has 1 fully saturated rings. The second kappa shape index (κ2) is 7.32. The van der Waals surface area contributed by atoms with Crippen LogP contribution >= 0.6 is 22.9 Å². The van der Waals surface area contributed by atoms with Gasteiger partial charge in [-0.15, -0.1) is 10.2 Å². The fraction of sp³-hybridized carbons (Fsp3) is 0.400. The average Bonchev–Trinajstić information content (AvgIpc) is 3.07. The number of halogens is 1. The highest BCUT2D eigenvalue weighted by atomic mass is 35.5. The summed E-state index contributed by atoms with van der Waals surface area (Å²) in [6.45, 7) is 3.13. The van der Waals surface area contributed by atoms with Crippen LogP contribution in [0.5, 0.6) is 0 Å². The number of benzene rings is 1. The Morgan fingerprint density at radius 3 is 2.72 bits per heavy atom. The molecule has 10 heteroatoms. The van der Waals surface area contributed by atoms with E-state index in [0.29, 0.717) is 36.1 Å². The van der Waals surface area contributed by atoms with E-state index in [9.17, 15) is 14.9 Å². The molecule has 2 aromatic rings. The van der Waals surface area contributed by atoms with Gasteiger partial charge in [-0.25, -0.2) is 0 Å². The lowest BCUT2D eigenvalue weighted by Crippen LogP contribution is -2.38. The van der Waals surface area contributed by atoms with E-state index >= 15 is 0 Å². The van der Waals surface area contributed by atoms with Gasteiger partial charge in [0.1, 0.15) is 5.51 Å². The molecule has 2 heterocycles. The van der Waals surface area contributed by atoms with Gasteiger partial charge in [-0.2, -0.15) is 0 Å². The molecule has 0 aliphatic carbocycles. The molecule has 0 unspecified atom stereocenters. The molecule has 8 nitrogen and oxygen atoms in total. The lowest BCUT2D eigenvalue weighted by atomic mass is 9.95. The molecule has 0 atom stereocenters. The zero-order valence-electron chi connectivity index (χ0n) is 13.4. The summed E-state index contributed by atoms with van der Waals surface area (Å²) in [6.07, 6.45) is 1.36. The molecular weight excluding hydrogens is 366 g/mol. The molecule has 1 saturated heterocycles. The highest BCUT2D eigenvalue weighted by Gasteiger charge is 2.28. The summed E-state index contributed by atoms with van der Waals surface area (Å²) in [5, 5.41) is 22.1. The van der Waals surface area contributed by atoms with Crippen LogP contribution in [-0.4, -0.2) is 34.1 Å². The van der Waals surface area contributed by atoms with E-state index in [2.05, 4.69) is 20.4 Å². The minimum Gasteiger partial charge on any atom is -0.370 e. The number of non-ortho nitro benzene ring substituents is 1. The van der Waals surface area contributed by atoms with Gasteiger partial charge in [-0.05, 0) is 25.3 Å². The SMILES string of the molecule is Cc1cc([N+](=O)[O-])cc(Cl)c1N1CCC(C(=O)Nc2nncs2)CC1. The zero-order chi connectivity index (χ0) is 18.0. The summed E-state index contributed by atoms with van der Waals surface area (Å²) in [4.78, 5) is 24.8. The summed E-state index contributed by atoms with van der Waals surface area (Å²) in [7, 11) is 0. The van der Waals surface area contributed by atoms with Gasteiger partial charge in [-0.3, -0.25) is 14.9 Å². The van der Waals surface area contributed by atoms with Crippen molar-refractivity contribution in [3.8, 4) is 0 Å². The van der Waals surface area contributed by atoms with Gasteiger partial charge in [0.2, 0.25) is 11.0 Å². The maximum atomic E-state index is 12.3. The topological polar surface area (TPSA) is 101 Å². The van der Waals surface area contributed by atoms with Crippen LogP contribution in [0, 0.1) is 23.0 Å². The number of aromatic nitrogens is 2. The minimum absolute atomic E-state index is 0.0161. The maximum absolute atomic E-state index is 12.3. The van der Waals surface area contributed by atoms with Gasteiger partial charge in [0.15, 0.2) is 0 Å². The lowest BCUT2D eigenvalue weighted by molar-refractivity contribution is -0.384. The van der Waals surface area contributed by atoms with Crippen LogP contribution in [0.2, 0.25) is 5.02 Å². The second-order valence-electron chi connectivity index (χ2n) is 5.84. The average molecular weight is 382 g/mol. The Balaban J connectivity index is 1.66. The first-order valence-corrected chi connectivity index (χ1v) is 8.98. The number of nitro groups is 1. The van der Waals surface area contributed by atoms with Crippen LogP contribution in [0.1, 0.15) is 18.4 Å². The van der Waals surface area contributed by atoms with E-state index in [0.717, 1.165) is 11.3 Å². The number of carbonyl (C=O) groups excluding carboxylic acids is 1. The number of anilines is 2. The Bertz CT molecular complexity index is 767. The van der Waals surface area contributed by atoms with E-state index in [1.54, 1.807) is 5.51 Å². The summed E-state index contributed by atoms with van der Waals surface area (Å²) < 4.78 is 0. The Morgan fingerprint density at radius 2 is 2.16 bits per heavy atom. The number of nitrogens with one attached hydrogen (secondary N) is 1. The van der Waals surface area contributed by atoms with E-state index in [4.69, 9.17) is 11.6 Å². The highest BCUT2D eigenvalue weighted by Crippen LogP contribution is 2.36. The minimum atomic E-state index is -0.452. The lowest BCUT2D eigenvalue weighted by Gasteiger charge is -2.34. The van der Waals surface area contributed by atoms with Gasteiger partial charge in [0, 0.05) is 31.1 Å². The first-order valence-electron chi connectivity index (χ1n) is 7.72. The molecule has 1 amide bonds. The fourth-order valence-corrected chi connectivity index (χ4v) is 3.85. The van der Waals surface area contributed by atoms with Crippen LogP contribution in [0.3, 0.4) is 0 Å². The molecule has 3 rings (SSSR count). The molecule has 25 heavy (non-hydrogen) atoms. The largest absolute Gasteiger partial charge is 0.370 e. The van der Waals surface area contributed by atoms with Crippen LogP contribution in [0.25, 0.3) is 0 Å². The molecule has 132 valence electrons. The third kappa shape index (κ3) is 3.88. The molecule has 0 bridgehead atoms. The van der Waals surface area contributed by atoms with E-state index in [1.807, 2.05) is 6.92 Å². The normalized spacial score (nSPS) is 15.2. The van der Waals surface area contributed by atoms with Gasteiger partial charge < -0.3 is 10.2 Å². The van der Waals surface area contributed by atoms with Crippen molar-refractivity contribution >= 4 is 45.4 Å². The molecule has 0 spiro atoms. The maximum Gasteiger partial charge on any atom is 0.271 e. The number of piperidine rings is 1. The van der Waals surface area contributed by atoms with Crippen molar-refractivity contribution in [1.82, 2.24) is 10.2 Å². The number of aryl methyl sites for hydroxylation is 1. The molecular formula is C15H16ClN5O3S. The third-order valence-electron chi connectivity index (χ3n) is 4.22.